The Morgan fingerprint density at radius 3 is 0.353 bits per heavy atom. The van der Waals surface area contributed by atoms with Crippen molar-refractivity contribution >= 4 is 0 Å². The van der Waals surface area contributed by atoms with Gasteiger partial charge in [0.1, 0.15) is 0 Å². The first-order valence-electron chi connectivity index (χ1n) is 8.76. The van der Waals surface area contributed by atoms with Crippen LogP contribution in [0.15, 0.2) is 0 Å². The second-order valence-electron chi connectivity index (χ2n) is 7.82. The van der Waals surface area contributed by atoms with Gasteiger partial charge in [0.05, 0.1) is 0 Å². The van der Waals surface area contributed by atoms with Crippen LogP contribution >= 0.6 is 0 Å². The van der Waals surface area contributed by atoms with Gasteiger partial charge in [0.25, 0.3) is 0 Å². The summed E-state index contributed by atoms with van der Waals surface area (Å²) < 4.78 is 0. The molecule has 0 bridgehead atoms. The van der Waals surface area contributed by atoms with Crippen molar-refractivity contribution in [1.82, 2.24) is 29.4 Å². The molecule has 10 heteroatoms. The summed E-state index contributed by atoms with van der Waals surface area (Å²) in [7, 11) is 25.0. The first-order chi connectivity index (χ1) is 10.9. The third-order valence-electron chi connectivity index (χ3n) is 2.98. The van der Waals surface area contributed by atoms with E-state index in [2.05, 4.69) is 114 Å². The van der Waals surface area contributed by atoms with Gasteiger partial charge in [-0.1, -0.05) is 0 Å². The van der Waals surface area contributed by atoms with Gasteiger partial charge in [0.15, 0.2) is 0 Å². The van der Waals surface area contributed by atoms with Gasteiger partial charge in [-0.2, -0.15) is 0 Å². The van der Waals surface area contributed by atoms with Crippen molar-refractivity contribution in [1.29, 1.82) is 0 Å². The van der Waals surface area contributed by atoms with E-state index in [-0.39, 0.29) is 139 Å². The average Bonchev–Trinajstić information content (AvgIpc) is 2.42. The second kappa shape index (κ2) is 60.4. The SMILES string of the molecule is CN(C)CCN(C)C.CN(C)CCN(C)C.CN(C)CCN(C)C.[CH3-].[CH3-].[CH3-].[CH3-].[CH3-].[CH3-].[Ho+3].[Li+].[Li+].[Li+]. The second-order valence-corrected chi connectivity index (χ2v) is 7.82. The molecule has 0 amide bonds. The molecular formula is C24H66HoLi3N6. The number of likely N-dealkylation sites (N-methyl/N-ethyl adjacent to an activating group) is 6. The molecule has 0 aromatic rings. The van der Waals surface area contributed by atoms with Crippen molar-refractivity contribution in [3.63, 3.8) is 0 Å². The van der Waals surface area contributed by atoms with Gasteiger partial charge in [-0.05, 0) is 84.6 Å². The fourth-order valence-electron chi connectivity index (χ4n) is 1.20. The van der Waals surface area contributed by atoms with Crippen molar-refractivity contribution in [2.24, 2.45) is 0 Å². The summed E-state index contributed by atoms with van der Waals surface area (Å²) in [6, 6.07) is 0. The fourth-order valence-corrected chi connectivity index (χ4v) is 1.20. The predicted molar refractivity (Wildman–Crippen MR) is 150 cm³/mol. The Kier molecular flexibility index (Phi) is 148. The summed E-state index contributed by atoms with van der Waals surface area (Å²) in [4.78, 5) is 13.1. The Morgan fingerprint density at radius 2 is 0.324 bits per heavy atom. The standard InChI is InChI=1S/3C6H16N2.6CH3.Ho.3Li/c3*1-7(2)5-6-8(3)4;;;;;;;;;;/h3*5-6H2,1-4H3;6*1H3;;;;/q;;;6*-1;+3;3*+1. The number of nitrogens with zero attached hydrogens (tertiary/aromatic N) is 6. The molecule has 34 heavy (non-hydrogen) atoms. The van der Waals surface area contributed by atoms with Gasteiger partial charge in [0.2, 0.25) is 0 Å². The van der Waals surface area contributed by atoms with E-state index in [1.165, 1.54) is 0 Å². The molecule has 6 nitrogen and oxygen atoms in total. The van der Waals surface area contributed by atoms with Crippen molar-refractivity contribution in [2.75, 3.05) is 124 Å². The first-order valence-corrected chi connectivity index (χ1v) is 8.76. The summed E-state index contributed by atoms with van der Waals surface area (Å²) in [5.41, 5.74) is 0. The van der Waals surface area contributed by atoms with Crippen molar-refractivity contribution in [3.8, 4) is 0 Å². The molecule has 0 N–H and O–H groups in total. The molecule has 0 heterocycles. The van der Waals surface area contributed by atoms with E-state index >= 15 is 0 Å². The quantitative estimate of drug-likeness (QED) is 0.187. The van der Waals surface area contributed by atoms with Crippen LogP contribution in [0.5, 0.6) is 0 Å². The van der Waals surface area contributed by atoms with Crippen molar-refractivity contribution in [3.05, 3.63) is 44.6 Å². The molecular weight excluding hydrogens is 558 g/mol. The monoisotopic (exact) mass is 625 g/mol. The molecule has 0 atom stereocenters. The Hall–Kier alpha value is 2.81. The van der Waals surface area contributed by atoms with Crippen molar-refractivity contribution in [2.45, 2.75) is 0 Å². The maximum atomic E-state index is 2.18. The molecule has 0 radical (unpaired) electrons. The van der Waals surface area contributed by atoms with Crippen LogP contribution in [0.1, 0.15) is 0 Å². The Morgan fingerprint density at radius 1 is 0.265 bits per heavy atom. The molecule has 0 saturated carbocycles. The first kappa shape index (κ1) is 83.3. The summed E-state index contributed by atoms with van der Waals surface area (Å²) in [5, 5.41) is 0. The maximum Gasteiger partial charge on any atom is 3.00 e. The zero-order valence-electron chi connectivity index (χ0n) is 28.2. The average molecular weight is 625 g/mol. The van der Waals surface area contributed by atoms with Gasteiger partial charge < -0.3 is 74.0 Å². The number of hydrogen-bond donors (Lipinski definition) is 0. The third-order valence-corrected chi connectivity index (χ3v) is 2.98. The van der Waals surface area contributed by atoms with Crippen LogP contribution in [0.3, 0.4) is 0 Å². The smallest absolute Gasteiger partial charge is 0.358 e. The Labute approximate surface area is 289 Å². The van der Waals surface area contributed by atoms with Gasteiger partial charge in [-0.25, -0.2) is 0 Å². The minimum absolute atomic E-state index is 0. The zero-order chi connectivity index (χ0) is 19.7. The Bertz CT molecular complexity index is 189. The molecule has 0 spiro atoms. The molecule has 0 aromatic carbocycles. The van der Waals surface area contributed by atoms with Gasteiger partial charge in [-0.15, -0.1) is 0 Å². The van der Waals surface area contributed by atoms with Crippen LogP contribution in [-0.4, -0.2) is 153 Å². The van der Waals surface area contributed by atoms with Crippen LogP contribution in [0.4, 0.5) is 0 Å². The maximum absolute atomic E-state index is 2.18. The molecule has 0 aromatic heterocycles. The molecule has 0 unspecified atom stereocenters. The van der Waals surface area contributed by atoms with E-state index in [1.54, 1.807) is 0 Å². The van der Waals surface area contributed by atoms with Gasteiger partial charge >= 0.3 is 94.3 Å². The van der Waals surface area contributed by atoms with Gasteiger partial charge in [0, 0.05) is 39.3 Å². The summed E-state index contributed by atoms with van der Waals surface area (Å²) in [6.07, 6.45) is 0. The molecule has 0 fully saturated rings. The summed E-state index contributed by atoms with van der Waals surface area (Å²) in [5.74, 6) is 0. The molecule has 0 aliphatic carbocycles. The largest absolute Gasteiger partial charge is 3.00 e. The number of hydrogen-bond acceptors (Lipinski definition) is 6. The van der Waals surface area contributed by atoms with Crippen molar-refractivity contribution < 1.29 is 94.3 Å². The molecule has 0 saturated heterocycles. The zero-order valence-corrected chi connectivity index (χ0v) is 30.2. The molecule has 206 valence electrons. The molecule has 0 aliphatic heterocycles. The van der Waals surface area contributed by atoms with Gasteiger partial charge in [-0.3, -0.25) is 0 Å². The normalized spacial score (nSPS) is 7.94. The van der Waals surface area contributed by atoms with E-state index in [0.717, 1.165) is 39.3 Å². The summed E-state index contributed by atoms with van der Waals surface area (Å²) in [6.45, 7) is 6.88. The summed E-state index contributed by atoms with van der Waals surface area (Å²) >= 11 is 0. The van der Waals surface area contributed by atoms with E-state index in [9.17, 15) is 0 Å². The molecule has 0 rings (SSSR count). The van der Waals surface area contributed by atoms with Crippen LogP contribution < -0.4 is 56.6 Å². The minimum Gasteiger partial charge on any atom is -0.358 e. The predicted octanol–water partition coefficient (Wildman–Crippen LogP) is -5.96. The van der Waals surface area contributed by atoms with E-state index < -0.39 is 0 Å². The topological polar surface area (TPSA) is 19.4 Å². The van der Waals surface area contributed by atoms with Crippen LogP contribution in [-0.2, 0) is 0 Å². The fraction of sp³-hybridized carbons (Fsp3) is 0.750. The van der Waals surface area contributed by atoms with E-state index in [0.29, 0.717) is 0 Å². The minimum atomic E-state index is 0. The Balaban J connectivity index is -0.0000000154. The third kappa shape index (κ3) is 125. The van der Waals surface area contributed by atoms with Crippen LogP contribution in [0.2, 0.25) is 0 Å². The van der Waals surface area contributed by atoms with Crippen LogP contribution in [0.25, 0.3) is 0 Å². The molecule has 0 aliphatic rings. The number of rotatable bonds is 9. The van der Waals surface area contributed by atoms with E-state index in [1.807, 2.05) is 0 Å². The van der Waals surface area contributed by atoms with Crippen LogP contribution in [0, 0.1) is 82.3 Å². The van der Waals surface area contributed by atoms with E-state index in [4.69, 9.17) is 0 Å².